The van der Waals surface area contributed by atoms with Crippen molar-refractivity contribution in [3.63, 3.8) is 0 Å². The molecule has 0 radical (unpaired) electrons. The van der Waals surface area contributed by atoms with Crippen LogP contribution in [0.4, 0.5) is 10.6 Å². The molecule has 1 N–H and O–H groups in total. The largest absolute Gasteiger partial charge is 0.443 e. The highest BCUT2D eigenvalue weighted by Crippen LogP contribution is 2.25. The van der Waals surface area contributed by atoms with Crippen molar-refractivity contribution < 1.29 is 9.53 Å². The van der Waals surface area contributed by atoms with Gasteiger partial charge in [0.2, 0.25) is 0 Å². The third-order valence-electron chi connectivity index (χ3n) is 4.29. The van der Waals surface area contributed by atoms with Crippen LogP contribution in [0.3, 0.4) is 0 Å². The van der Waals surface area contributed by atoms with E-state index in [9.17, 15) is 4.79 Å². The Morgan fingerprint density at radius 1 is 1.16 bits per heavy atom. The molecule has 0 aliphatic carbocycles. The minimum Gasteiger partial charge on any atom is -0.443 e. The molecule has 7 heteroatoms. The van der Waals surface area contributed by atoms with E-state index < -0.39 is 6.09 Å². The number of nitrogens with one attached hydrogen (secondary N) is 1. The van der Waals surface area contributed by atoms with Crippen LogP contribution in [0.15, 0.2) is 42.9 Å². The molecular weight excluding hydrogens is 318 g/mol. The van der Waals surface area contributed by atoms with Crippen LogP contribution in [-0.4, -0.2) is 52.0 Å². The molecule has 7 nitrogen and oxygen atoms in total. The molecule has 1 aliphatic rings. The molecule has 1 amide bonds. The van der Waals surface area contributed by atoms with Gasteiger partial charge in [0.25, 0.3) is 0 Å². The standard InChI is InChI=1S/C18H19N5O2/c1-22-10-16(11-22)25-18(24)21-17-6-14-5-12(3-4-13(14)7-19-17)15-8-20-23(2)9-15/h3-9,16H,10-11H2,1-2H3,(H,19,21,24). The first-order chi connectivity index (χ1) is 12.1. The van der Waals surface area contributed by atoms with Crippen molar-refractivity contribution in [2.24, 2.45) is 7.05 Å². The van der Waals surface area contributed by atoms with Gasteiger partial charge >= 0.3 is 6.09 Å². The molecule has 4 rings (SSSR count). The third kappa shape index (κ3) is 3.32. The van der Waals surface area contributed by atoms with E-state index in [1.807, 2.05) is 44.7 Å². The minimum atomic E-state index is -0.464. The SMILES string of the molecule is CN1CC(OC(=O)Nc2cc3cc(-c4cnn(C)c4)ccc3cn2)C1. The Labute approximate surface area is 145 Å². The average Bonchev–Trinajstić information content (AvgIpc) is 2.99. The number of likely N-dealkylation sites (N-methyl/N-ethyl adjacent to an activating group) is 1. The fourth-order valence-electron chi connectivity index (χ4n) is 2.96. The molecule has 25 heavy (non-hydrogen) atoms. The predicted molar refractivity (Wildman–Crippen MR) is 95.3 cm³/mol. The molecule has 1 fully saturated rings. The molecule has 2 aromatic heterocycles. The summed E-state index contributed by atoms with van der Waals surface area (Å²) in [5.41, 5.74) is 2.11. The van der Waals surface area contributed by atoms with Crippen LogP contribution in [0, 0.1) is 0 Å². The number of hydrogen-bond acceptors (Lipinski definition) is 5. The van der Waals surface area contributed by atoms with Crippen LogP contribution in [-0.2, 0) is 11.8 Å². The molecule has 0 unspecified atom stereocenters. The van der Waals surface area contributed by atoms with Crippen LogP contribution >= 0.6 is 0 Å². The zero-order valence-electron chi connectivity index (χ0n) is 14.1. The number of pyridine rings is 1. The summed E-state index contributed by atoms with van der Waals surface area (Å²) in [7, 11) is 3.88. The fourth-order valence-corrected chi connectivity index (χ4v) is 2.96. The number of rotatable bonds is 3. The van der Waals surface area contributed by atoms with Crippen molar-refractivity contribution in [2.45, 2.75) is 6.10 Å². The number of anilines is 1. The molecule has 1 saturated heterocycles. The highest BCUT2D eigenvalue weighted by molar-refractivity contribution is 5.91. The van der Waals surface area contributed by atoms with E-state index in [-0.39, 0.29) is 6.10 Å². The lowest BCUT2D eigenvalue weighted by atomic mass is 10.1. The average molecular weight is 337 g/mol. The minimum absolute atomic E-state index is 0.0392. The maximum absolute atomic E-state index is 11.9. The van der Waals surface area contributed by atoms with Crippen molar-refractivity contribution in [3.05, 3.63) is 42.9 Å². The number of benzene rings is 1. The molecule has 3 heterocycles. The second-order valence-electron chi connectivity index (χ2n) is 6.41. The molecule has 0 bridgehead atoms. The maximum Gasteiger partial charge on any atom is 0.413 e. The Bertz CT molecular complexity index is 930. The van der Waals surface area contributed by atoms with Crippen LogP contribution in [0.2, 0.25) is 0 Å². The summed E-state index contributed by atoms with van der Waals surface area (Å²) in [4.78, 5) is 18.3. The predicted octanol–water partition coefficient (Wildman–Crippen LogP) is 2.50. The second-order valence-corrected chi connectivity index (χ2v) is 6.41. The normalized spacial score (nSPS) is 15.1. The number of carbonyl (C=O) groups is 1. The molecule has 0 spiro atoms. The van der Waals surface area contributed by atoms with Crippen molar-refractivity contribution in [2.75, 3.05) is 25.5 Å². The van der Waals surface area contributed by atoms with Gasteiger partial charge in [0.05, 0.1) is 6.20 Å². The van der Waals surface area contributed by atoms with E-state index in [2.05, 4.69) is 26.4 Å². The third-order valence-corrected chi connectivity index (χ3v) is 4.29. The van der Waals surface area contributed by atoms with Gasteiger partial charge in [-0.25, -0.2) is 9.78 Å². The number of nitrogens with zero attached hydrogens (tertiary/aromatic N) is 4. The lowest BCUT2D eigenvalue weighted by Gasteiger charge is -2.35. The number of amides is 1. The van der Waals surface area contributed by atoms with Crippen molar-refractivity contribution in [3.8, 4) is 11.1 Å². The van der Waals surface area contributed by atoms with Gasteiger partial charge in [-0.2, -0.15) is 5.10 Å². The van der Waals surface area contributed by atoms with E-state index in [1.165, 1.54) is 0 Å². The number of hydrogen-bond donors (Lipinski definition) is 1. The van der Waals surface area contributed by atoms with E-state index in [0.717, 1.165) is 35.0 Å². The molecular formula is C18H19N5O2. The highest BCUT2D eigenvalue weighted by atomic mass is 16.6. The number of ether oxygens (including phenoxy) is 1. The smallest absolute Gasteiger partial charge is 0.413 e. The van der Waals surface area contributed by atoms with Gasteiger partial charge in [-0.1, -0.05) is 12.1 Å². The summed E-state index contributed by atoms with van der Waals surface area (Å²) < 4.78 is 7.10. The fraction of sp³-hybridized carbons (Fsp3) is 0.278. The van der Waals surface area contributed by atoms with Gasteiger partial charge in [0.1, 0.15) is 11.9 Å². The molecule has 3 aromatic rings. The van der Waals surface area contributed by atoms with E-state index in [1.54, 1.807) is 10.9 Å². The van der Waals surface area contributed by atoms with E-state index in [4.69, 9.17) is 4.74 Å². The number of aryl methyl sites for hydroxylation is 1. The van der Waals surface area contributed by atoms with Gasteiger partial charge in [-0.15, -0.1) is 0 Å². The Morgan fingerprint density at radius 3 is 2.72 bits per heavy atom. The first-order valence-electron chi connectivity index (χ1n) is 8.12. The number of aromatic nitrogens is 3. The van der Waals surface area contributed by atoms with Crippen molar-refractivity contribution in [1.29, 1.82) is 0 Å². The first kappa shape index (κ1) is 15.6. The Hall–Kier alpha value is -2.93. The van der Waals surface area contributed by atoms with Crippen LogP contribution in [0.25, 0.3) is 21.9 Å². The zero-order chi connectivity index (χ0) is 17.4. The first-order valence-corrected chi connectivity index (χ1v) is 8.12. The lowest BCUT2D eigenvalue weighted by Crippen LogP contribution is -2.50. The summed E-state index contributed by atoms with van der Waals surface area (Å²) in [5, 5.41) is 8.91. The Kier molecular flexibility index (Phi) is 3.85. The Balaban J connectivity index is 1.53. The van der Waals surface area contributed by atoms with Crippen molar-refractivity contribution >= 4 is 22.7 Å². The van der Waals surface area contributed by atoms with Gasteiger partial charge in [-0.3, -0.25) is 14.9 Å². The summed E-state index contributed by atoms with van der Waals surface area (Å²) >= 11 is 0. The van der Waals surface area contributed by atoms with Crippen LogP contribution in [0.5, 0.6) is 0 Å². The number of fused-ring (bicyclic) bond motifs is 1. The molecule has 0 atom stereocenters. The monoisotopic (exact) mass is 337 g/mol. The zero-order valence-corrected chi connectivity index (χ0v) is 14.1. The lowest BCUT2D eigenvalue weighted by molar-refractivity contribution is 0.00680. The number of likely N-dealkylation sites (tertiary alicyclic amines) is 1. The molecule has 128 valence electrons. The second kappa shape index (κ2) is 6.18. The van der Waals surface area contributed by atoms with Gasteiger partial charge in [0.15, 0.2) is 0 Å². The Morgan fingerprint density at radius 2 is 2.00 bits per heavy atom. The van der Waals surface area contributed by atoms with Crippen molar-refractivity contribution in [1.82, 2.24) is 19.7 Å². The molecule has 1 aromatic carbocycles. The summed E-state index contributed by atoms with van der Waals surface area (Å²) in [6.07, 6.45) is 5.04. The van der Waals surface area contributed by atoms with Gasteiger partial charge in [0, 0.05) is 43.5 Å². The van der Waals surface area contributed by atoms with Crippen LogP contribution in [0.1, 0.15) is 0 Å². The summed E-state index contributed by atoms with van der Waals surface area (Å²) in [5.74, 6) is 0.480. The number of carbonyl (C=O) groups excluding carboxylic acids is 1. The van der Waals surface area contributed by atoms with Gasteiger partial charge < -0.3 is 4.74 Å². The summed E-state index contributed by atoms with van der Waals surface area (Å²) in [6, 6.07) is 7.96. The highest BCUT2D eigenvalue weighted by Gasteiger charge is 2.26. The van der Waals surface area contributed by atoms with E-state index in [0.29, 0.717) is 5.82 Å². The van der Waals surface area contributed by atoms with E-state index >= 15 is 0 Å². The van der Waals surface area contributed by atoms with Gasteiger partial charge in [-0.05, 0) is 30.1 Å². The molecule has 1 aliphatic heterocycles. The quantitative estimate of drug-likeness (QED) is 0.795. The molecule has 0 saturated carbocycles. The topological polar surface area (TPSA) is 72.3 Å². The van der Waals surface area contributed by atoms with Crippen LogP contribution < -0.4 is 5.32 Å². The summed E-state index contributed by atoms with van der Waals surface area (Å²) in [6.45, 7) is 1.54. The maximum atomic E-state index is 11.9.